The Morgan fingerprint density at radius 1 is 0.964 bits per heavy atom. The number of nitrogen functional groups attached to an aromatic ring is 1. The molecular formula is C20H32N6O2. The summed E-state index contributed by atoms with van der Waals surface area (Å²) in [6, 6.07) is 6.70. The first-order valence-electron chi connectivity index (χ1n) is 9.58. The predicted molar refractivity (Wildman–Crippen MR) is 115 cm³/mol. The van der Waals surface area contributed by atoms with Crippen LogP contribution in [0.15, 0.2) is 36.7 Å². The summed E-state index contributed by atoms with van der Waals surface area (Å²) in [6.07, 6.45) is 5.39. The number of nitrogens with one attached hydrogen (secondary N) is 2. The molecule has 0 atom stereocenters. The number of nitrogens with zero attached hydrogens (tertiary/aromatic N) is 3. The second-order valence-corrected chi connectivity index (χ2v) is 7.29. The highest BCUT2D eigenvalue weighted by Gasteiger charge is 2.13. The van der Waals surface area contributed by atoms with Crippen LogP contribution >= 0.6 is 0 Å². The Bertz CT molecular complexity index is 721. The second kappa shape index (κ2) is 12.5. The van der Waals surface area contributed by atoms with Gasteiger partial charge in [-0.3, -0.25) is 10.1 Å². The number of hydrogen-bond donors (Lipinski definition) is 3. The van der Waals surface area contributed by atoms with Gasteiger partial charge in [0, 0.05) is 31.5 Å². The normalized spacial score (nSPS) is 10.4. The van der Waals surface area contributed by atoms with Gasteiger partial charge in [0.25, 0.3) is 0 Å². The standard InChI is InChI=1S/C10H15N3O2.C10H17N3/c1-8(2)5-7-12-10-9(13(14)15)4-3-6-11-10;1-8(2)5-7-13-10-9(11)4-3-6-12-10/h3-4,6,8H,5,7H2,1-2H3,(H,11,12);3-4,6,8H,5,7,11H2,1-2H3,(H,12,13). The summed E-state index contributed by atoms with van der Waals surface area (Å²) < 4.78 is 0. The van der Waals surface area contributed by atoms with E-state index >= 15 is 0 Å². The van der Waals surface area contributed by atoms with Crippen molar-refractivity contribution in [1.82, 2.24) is 9.97 Å². The quantitative estimate of drug-likeness (QED) is 0.425. The van der Waals surface area contributed by atoms with Gasteiger partial charge in [0.05, 0.1) is 10.6 Å². The molecule has 0 spiro atoms. The minimum Gasteiger partial charge on any atom is -0.396 e. The second-order valence-electron chi connectivity index (χ2n) is 7.29. The van der Waals surface area contributed by atoms with Gasteiger partial charge in [-0.2, -0.15) is 0 Å². The zero-order chi connectivity index (χ0) is 20.9. The van der Waals surface area contributed by atoms with E-state index in [1.54, 1.807) is 18.5 Å². The van der Waals surface area contributed by atoms with Gasteiger partial charge in [-0.1, -0.05) is 27.7 Å². The number of anilines is 3. The van der Waals surface area contributed by atoms with E-state index in [1.807, 2.05) is 12.1 Å². The molecule has 0 fully saturated rings. The maximum absolute atomic E-state index is 10.6. The largest absolute Gasteiger partial charge is 0.396 e. The zero-order valence-corrected chi connectivity index (χ0v) is 17.2. The Morgan fingerprint density at radius 2 is 1.46 bits per heavy atom. The van der Waals surface area contributed by atoms with Crippen LogP contribution in [-0.2, 0) is 0 Å². The third-order valence-electron chi connectivity index (χ3n) is 3.85. The van der Waals surface area contributed by atoms with Crippen molar-refractivity contribution in [2.75, 3.05) is 29.5 Å². The van der Waals surface area contributed by atoms with Crippen molar-refractivity contribution in [2.24, 2.45) is 11.8 Å². The maximum Gasteiger partial charge on any atom is 0.311 e. The molecule has 4 N–H and O–H groups in total. The van der Waals surface area contributed by atoms with Crippen molar-refractivity contribution in [2.45, 2.75) is 40.5 Å². The van der Waals surface area contributed by atoms with Crippen LogP contribution in [0, 0.1) is 22.0 Å². The lowest BCUT2D eigenvalue weighted by Gasteiger charge is -2.08. The molecule has 0 radical (unpaired) electrons. The summed E-state index contributed by atoms with van der Waals surface area (Å²) in [5, 5.41) is 16.8. The number of nitro groups is 1. The SMILES string of the molecule is CC(C)CCNc1ncccc1N.CC(C)CCNc1ncccc1[N+](=O)[O-]. The van der Waals surface area contributed by atoms with Crippen molar-refractivity contribution in [3.05, 3.63) is 46.8 Å². The zero-order valence-electron chi connectivity index (χ0n) is 17.2. The first-order valence-corrected chi connectivity index (χ1v) is 9.58. The average Bonchev–Trinajstić information content (AvgIpc) is 2.63. The van der Waals surface area contributed by atoms with Crippen molar-refractivity contribution in [3.63, 3.8) is 0 Å². The fourth-order valence-electron chi connectivity index (χ4n) is 2.20. The van der Waals surface area contributed by atoms with Crippen LogP contribution in [0.5, 0.6) is 0 Å². The molecule has 2 aromatic heterocycles. The minimum atomic E-state index is -0.426. The van der Waals surface area contributed by atoms with Crippen LogP contribution in [0.2, 0.25) is 0 Å². The molecule has 2 heterocycles. The van der Waals surface area contributed by atoms with E-state index in [-0.39, 0.29) is 5.69 Å². The van der Waals surface area contributed by atoms with Gasteiger partial charge >= 0.3 is 5.69 Å². The molecule has 2 aromatic rings. The molecule has 0 aromatic carbocycles. The minimum absolute atomic E-state index is 0.0289. The lowest BCUT2D eigenvalue weighted by molar-refractivity contribution is -0.384. The molecular weight excluding hydrogens is 356 g/mol. The molecule has 2 rings (SSSR count). The summed E-state index contributed by atoms with van der Waals surface area (Å²) >= 11 is 0. The van der Waals surface area contributed by atoms with Crippen molar-refractivity contribution >= 4 is 23.0 Å². The van der Waals surface area contributed by atoms with Crippen molar-refractivity contribution in [1.29, 1.82) is 0 Å². The first-order chi connectivity index (χ1) is 13.3. The first kappa shape index (κ1) is 23.1. The van der Waals surface area contributed by atoms with Gasteiger partial charge in [-0.15, -0.1) is 0 Å². The van der Waals surface area contributed by atoms with Crippen LogP contribution in [0.1, 0.15) is 40.5 Å². The number of rotatable bonds is 9. The van der Waals surface area contributed by atoms with Crippen LogP contribution in [0.25, 0.3) is 0 Å². The Balaban J connectivity index is 0.000000283. The Labute approximate surface area is 167 Å². The van der Waals surface area contributed by atoms with E-state index in [1.165, 1.54) is 6.07 Å². The molecule has 0 amide bonds. The fraction of sp³-hybridized carbons (Fsp3) is 0.500. The van der Waals surface area contributed by atoms with E-state index in [0.29, 0.717) is 29.9 Å². The highest BCUT2D eigenvalue weighted by Crippen LogP contribution is 2.20. The summed E-state index contributed by atoms with van der Waals surface area (Å²) in [5.74, 6) is 2.42. The summed E-state index contributed by atoms with van der Waals surface area (Å²) in [5.41, 5.74) is 6.46. The molecule has 0 saturated carbocycles. The Kier molecular flexibility index (Phi) is 10.3. The molecule has 0 bridgehead atoms. The number of nitrogens with two attached hydrogens (primary N) is 1. The smallest absolute Gasteiger partial charge is 0.311 e. The van der Waals surface area contributed by atoms with Crippen molar-refractivity contribution < 1.29 is 4.92 Å². The molecule has 28 heavy (non-hydrogen) atoms. The molecule has 0 unspecified atom stereocenters. The van der Waals surface area contributed by atoms with Crippen molar-refractivity contribution in [3.8, 4) is 0 Å². The topological polar surface area (TPSA) is 119 Å². The lowest BCUT2D eigenvalue weighted by Crippen LogP contribution is -2.08. The average molecular weight is 389 g/mol. The molecule has 0 aliphatic heterocycles. The van der Waals surface area contributed by atoms with E-state index < -0.39 is 4.92 Å². The lowest BCUT2D eigenvalue weighted by atomic mass is 10.1. The summed E-state index contributed by atoms with van der Waals surface area (Å²) in [7, 11) is 0. The van der Waals surface area contributed by atoms with E-state index in [4.69, 9.17) is 5.73 Å². The van der Waals surface area contributed by atoms with Gasteiger partial charge in [0.2, 0.25) is 5.82 Å². The van der Waals surface area contributed by atoms with Gasteiger partial charge in [-0.05, 0) is 42.9 Å². The fourth-order valence-corrected chi connectivity index (χ4v) is 2.20. The Morgan fingerprint density at radius 3 is 1.96 bits per heavy atom. The third-order valence-corrected chi connectivity index (χ3v) is 3.85. The van der Waals surface area contributed by atoms with Gasteiger partial charge in [0.15, 0.2) is 0 Å². The van der Waals surface area contributed by atoms with E-state index in [9.17, 15) is 10.1 Å². The molecule has 154 valence electrons. The van der Waals surface area contributed by atoms with Crippen LogP contribution in [0.4, 0.5) is 23.0 Å². The molecule has 0 saturated heterocycles. The summed E-state index contributed by atoms with van der Waals surface area (Å²) in [6.45, 7) is 10.2. The molecule has 8 nitrogen and oxygen atoms in total. The van der Waals surface area contributed by atoms with Crippen LogP contribution < -0.4 is 16.4 Å². The predicted octanol–water partition coefficient (Wildman–Crippen LogP) is 4.57. The maximum atomic E-state index is 10.6. The van der Waals surface area contributed by atoms with Gasteiger partial charge in [-0.25, -0.2) is 9.97 Å². The molecule has 8 heteroatoms. The number of hydrogen-bond acceptors (Lipinski definition) is 7. The highest BCUT2D eigenvalue weighted by molar-refractivity contribution is 5.60. The Hall–Kier alpha value is -2.90. The molecule has 0 aliphatic carbocycles. The third kappa shape index (κ3) is 9.16. The van der Waals surface area contributed by atoms with Crippen LogP contribution in [-0.4, -0.2) is 28.0 Å². The highest BCUT2D eigenvalue weighted by atomic mass is 16.6. The number of aromatic nitrogens is 2. The van der Waals surface area contributed by atoms with Crippen LogP contribution in [0.3, 0.4) is 0 Å². The number of pyridine rings is 2. The molecule has 0 aliphatic rings. The monoisotopic (exact) mass is 388 g/mol. The van der Waals surface area contributed by atoms with Gasteiger partial charge < -0.3 is 16.4 Å². The van der Waals surface area contributed by atoms with E-state index in [0.717, 1.165) is 25.2 Å². The summed E-state index contributed by atoms with van der Waals surface area (Å²) in [4.78, 5) is 18.3. The van der Waals surface area contributed by atoms with E-state index in [2.05, 4.69) is 48.3 Å². The van der Waals surface area contributed by atoms with Gasteiger partial charge in [0.1, 0.15) is 5.82 Å².